The molecule has 1 N–H and O–H groups in total. The number of benzene rings is 1. The molecule has 3 heterocycles. The average Bonchev–Trinajstić information content (AvgIpc) is 3.55. The van der Waals surface area contributed by atoms with Crippen molar-refractivity contribution in [1.29, 1.82) is 0 Å². The van der Waals surface area contributed by atoms with Gasteiger partial charge in [0, 0.05) is 31.9 Å². The van der Waals surface area contributed by atoms with Crippen LogP contribution in [0.15, 0.2) is 51.6 Å². The summed E-state index contributed by atoms with van der Waals surface area (Å²) < 4.78 is 4.17. The van der Waals surface area contributed by atoms with E-state index < -0.39 is 5.69 Å². The smallest absolute Gasteiger partial charge is 0.332 e. The third-order valence-corrected chi connectivity index (χ3v) is 7.80. The molecule has 0 spiro atoms. The predicted octanol–water partition coefficient (Wildman–Crippen LogP) is 3.06. The molecule has 1 aromatic carbocycles. The minimum absolute atomic E-state index is 0.0363. The fourth-order valence-electron chi connectivity index (χ4n) is 4.92. The number of fused-ring (bicyclic) bond motifs is 2. The van der Waals surface area contributed by atoms with Crippen molar-refractivity contribution in [2.75, 3.05) is 0 Å². The fraction of sp³-hybridized carbons (Fsp3) is 0.385. The highest BCUT2D eigenvalue weighted by Gasteiger charge is 2.20. The van der Waals surface area contributed by atoms with Crippen LogP contribution in [0.4, 0.5) is 0 Å². The molecule has 182 valence electrons. The molecule has 1 aliphatic rings. The van der Waals surface area contributed by atoms with E-state index in [1.54, 1.807) is 29.3 Å². The molecule has 1 amide bonds. The third-order valence-electron chi connectivity index (χ3n) is 6.86. The first-order valence-corrected chi connectivity index (χ1v) is 12.9. The number of hydrogen-bond donors (Lipinski definition) is 1. The van der Waals surface area contributed by atoms with Crippen molar-refractivity contribution < 1.29 is 4.79 Å². The Morgan fingerprint density at radius 3 is 2.69 bits per heavy atom. The molecule has 0 saturated carbocycles. The molecular formula is C26H29N5O3S. The number of thiophene rings is 1. The Bertz CT molecular complexity index is 1500. The minimum atomic E-state index is -0.408. The summed E-state index contributed by atoms with van der Waals surface area (Å²) in [7, 11) is 3.06. The maximum Gasteiger partial charge on any atom is 0.332 e. The van der Waals surface area contributed by atoms with Crippen molar-refractivity contribution in [2.45, 2.75) is 51.1 Å². The number of nitrogens with zero attached hydrogens (tertiary/aromatic N) is 4. The zero-order valence-electron chi connectivity index (χ0n) is 20.0. The van der Waals surface area contributed by atoms with Gasteiger partial charge in [-0.2, -0.15) is 0 Å². The van der Waals surface area contributed by atoms with Crippen molar-refractivity contribution in [2.24, 2.45) is 14.1 Å². The number of amides is 1. The third kappa shape index (κ3) is 4.48. The zero-order valence-corrected chi connectivity index (χ0v) is 20.8. The van der Waals surface area contributed by atoms with Gasteiger partial charge in [0.2, 0.25) is 5.91 Å². The fourth-order valence-corrected chi connectivity index (χ4v) is 5.72. The Hall–Kier alpha value is -3.46. The molecule has 4 aromatic rings. The van der Waals surface area contributed by atoms with E-state index in [2.05, 4.69) is 34.6 Å². The molecule has 9 heteroatoms. The molecule has 3 aromatic heterocycles. The summed E-state index contributed by atoms with van der Waals surface area (Å²) >= 11 is 1.64. The SMILES string of the molecule is Cn1c(=O)c2c(ncn2CCCC(=O)NC(c2ccc3c(c2)CCCC3)c2cccs2)n(C)c1=O. The predicted molar refractivity (Wildman–Crippen MR) is 137 cm³/mol. The average molecular weight is 492 g/mol. The van der Waals surface area contributed by atoms with Crippen molar-refractivity contribution in [3.63, 3.8) is 0 Å². The molecule has 5 rings (SSSR count). The van der Waals surface area contributed by atoms with Crippen LogP contribution in [-0.2, 0) is 38.3 Å². The highest BCUT2D eigenvalue weighted by molar-refractivity contribution is 7.10. The van der Waals surface area contributed by atoms with E-state index in [1.807, 2.05) is 11.4 Å². The molecule has 1 unspecified atom stereocenters. The molecule has 0 fully saturated rings. The summed E-state index contributed by atoms with van der Waals surface area (Å²) in [5.74, 6) is -0.0363. The Morgan fingerprint density at radius 1 is 1.11 bits per heavy atom. The van der Waals surface area contributed by atoms with Crippen LogP contribution in [0.1, 0.15) is 53.3 Å². The Labute approximate surface area is 206 Å². The van der Waals surface area contributed by atoms with Gasteiger partial charge in [-0.15, -0.1) is 11.3 Å². The van der Waals surface area contributed by atoms with Crippen LogP contribution < -0.4 is 16.6 Å². The Kier molecular flexibility index (Phi) is 6.42. The van der Waals surface area contributed by atoms with Gasteiger partial charge in [0.1, 0.15) is 0 Å². The van der Waals surface area contributed by atoms with E-state index in [-0.39, 0.29) is 17.5 Å². The van der Waals surface area contributed by atoms with Crippen LogP contribution in [0.3, 0.4) is 0 Å². The molecule has 0 aliphatic heterocycles. The molecule has 1 atom stereocenters. The van der Waals surface area contributed by atoms with Crippen LogP contribution in [-0.4, -0.2) is 24.6 Å². The summed E-state index contributed by atoms with van der Waals surface area (Å²) in [5, 5.41) is 5.26. The zero-order chi connectivity index (χ0) is 24.5. The number of nitrogens with one attached hydrogen (secondary N) is 1. The number of carbonyl (C=O) groups excluding carboxylic acids is 1. The lowest BCUT2D eigenvalue weighted by Gasteiger charge is -2.22. The second-order valence-corrected chi connectivity index (χ2v) is 10.1. The van der Waals surface area contributed by atoms with Crippen LogP contribution in [0.5, 0.6) is 0 Å². The summed E-state index contributed by atoms with van der Waals surface area (Å²) in [6, 6.07) is 10.5. The highest BCUT2D eigenvalue weighted by atomic mass is 32.1. The number of imidazole rings is 1. The first-order chi connectivity index (χ1) is 16.9. The lowest BCUT2D eigenvalue weighted by molar-refractivity contribution is -0.121. The second-order valence-electron chi connectivity index (χ2n) is 9.17. The molecule has 0 radical (unpaired) electrons. The summed E-state index contributed by atoms with van der Waals surface area (Å²) in [4.78, 5) is 43.1. The van der Waals surface area contributed by atoms with E-state index in [9.17, 15) is 14.4 Å². The highest BCUT2D eigenvalue weighted by Crippen LogP contribution is 2.30. The van der Waals surface area contributed by atoms with Gasteiger partial charge in [0.15, 0.2) is 11.2 Å². The Balaban J connectivity index is 1.30. The second kappa shape index (κ2) is 9.65. The minimum Gasteiger partial charge on any atom is -0.344 e. The normalized spacial score (nSPS) is 14.1. The molecule has 0 saturated heterocycles. The van der Waals surface area contributed by atoms with E-state index in [0.717, 1.165) is 27.8 Å². The van der Waals surface area contributed by atoms with Gasteiger partial charge in [-0.3, -0.25) is 18.7 Å². The standard InChI is InChI=1S/C26H29N5O3S/c1-29-24-23(25(33)30(2)26(29)34)31(16-27-24)13-5-10-21(32)28-22(20-9-6-14-35-20)19-12-11-17-7-3-4-8-18(17)15-19/h6,9,11-12,14-16,22H,3-5,7-8,10,13H2,1-2H3,(H,28,32). The number of aromatic nitrogens is 4. The van der Waals surface area contributed by atoms with Crippen LogP contribution in [0, 0.1) is 0 Å². The van der Waals surface area contributed by atoms with Crippen molar-refractivity contribution in [1.82, 2.24) is 24.0 Å². The Morgan fingerprint density at radius 2 is 1.91 bits per heavy atom. The summed E-state index contributed by atoms with van der Waals surface area (Å²) in [6.45, 7) is 0.458. The van der Waals surface area contributed by atoms with Gasteiger partial charge in [0.25, 0.3) is 5.56 Å². The van der Waals surface area contributed by atoms with E-state index >= 15 is 0 Å². The molecular weight excluding hydrogens is 462 g/mol. The lowest BCUT2D eigenvalue weighted by Crippen LogP contribution is -2.37. The van der Waals surface area contributed by atoms with Gasteiger partial charge in [-0.1, -0.05) is 24.3 Å². The number of rotatable bonds is 7. The number of hydrogen-bond acceptors (Lipinski definition) is 5. The van der Waals surface area contributed by atoms with Gasteiger partial charge in [-0.05, 0) is 60.2 Å². The molecule has 1 aliphatic carbocycles. The van der Waals surface area contributed by atoms with Crippen LogP contribution in [0.2, 0.25) is 0 Å². The van der Waals surface area contributed by atoms with E-state index in [0.29, 0.717) is 30.6 Å². The van der Waals surface area contributed by atoms with Gasteiger partial charge in [-0.25, -0.2) is 9.78 Å². The van der Waals surface area contributed by atoms with Crippen molar-refractivity contribution in [3.05, 3.63) is 84.4 Å². The van der Waals surface area contributed by atoms with E-state index in [1.165, 1.54) is 35.6 Å². The van der Waals surface area contributed by atoms with Crippen LogP contribution in [0.25, 0.3) is 11.2 Å². The van der Waals surface area contributed by atoms with Gasteiger partial charge in [0.05, 0.1) is 12.4 Å². The molecule has 0 bridgehead atoms. The number of aryl methyl sites for hydroxylation is 4. The van der Waals surface area contributed by atoms with Crippen LogP contribution >= 0.6 is 11.3 Å². The van der Waals surface area contributed by atoms with Gasteiger partial charge < -0.3 is 9.88 Å². The van der Waals surface area contributed by atoms with Gasteiger partial charge >= 0.3 is 5.69 Å². The van der Waals surface area contributed by atoms with E-state index in [4.69, 9.17) is 0 Å². The topological polar surface area (TPSA) is 90.9 Å². The number of carbonyl (C=O) groups is 1. The first-order valence-electron chi connectivity index (χ1n) is 12.0. The van der Waals surface area contributed by atoms with Crippen molar-refractivity contribution in [3.8, 4) is 0 Å². The molecule has 8 nitrogen and oxygen atoms in total. The summed E-state index contributed by atoms with van der Waals surface area (Å²) in [5.41, 5.74) is 3.88. The first kappa shape index (κ1) is 23.3. The monoisotopic (exact) mass is 491 g/mol. The summed E-state index contributed by atoms with van der Waals surface area (Å²) in [6.07, 6.45) is 7.11. The quantitative estimate of drug-likeness (QED) is 0.430. The lowest BCUT2D eigenvalue weighted by atomic mass is 9.89. The molecule has 35 heavy (non-hydrogen) atoms. The largest absolute Gasteiger partial charge is 0.344 e. The van der Waals surface area contributed by atoms with Crippen molar-refractivity contribution >= 4 is 28.4 Å². The maximum atomic E-state index is 13.0. The maximum absolute atomic E-state index is 13.0.